The van der Waals surface area contributed by atoms with Gasteiger partial charge in [0.2, 0.25) is 0 Å². The van der Waals surface area contributed by atoms with E-state index in [0.717, 1.165) is 36.4 Å². The number of carbonyl (C=O) groups is 1. The second kappa shape index (κ2) is 6.69. The summed E-state index contributed by atoms with van der Waals surface area (Å²) in [5.41, 5.74) is 1.11. The summed E-state index contributed by atoms with van der Waals surface area (Å²) in [4.78, 5) is 17.3. The van der Waals surface area contributed by atoms with Crippen LogP contribution in [0.4, 0.5) is 9.93 Å². The van der Waals surface area contributed by atoms with Gasteiger partial charge in [-0.25, -0.2) is 9.78 Å². The number of anilines is 1. The van der Waals surface area contributed by atoms with Gasteiger partial charge in [-0.1, -0.05) is 41.7 Å². The maximum atomic E-state index is 12.0. The van der Waals surface area contributed by atoms with Gasteiger partial charge in [-0.05, 0) is 31.5 Å². The molecule has 0 unspecified atom stereocenters. The molecule has 6 heteroatoms. The van der Waals surface area contributed by atoms with Gasteiger partial charge in [-0.2, -0.15) is 0 Å². The molecule has 0 saturated carbocycles. The molecule has 0 radical (unpaired) electrons. The van der Waals surface area contributed by atoms with Crippen LogP contribution in [-0.2, 0) is 0 Å². The quantitative estimate of drug-likeness (QED) is 0.816. The summed E-state index contributed by atoms with van der Waals surface area (Å²) in [6, 6.07) is 10.1. The highest BCUT2D eigenvalue weighted by atomic mass is 32.1. The predicted octanol–water partition coefficient (Wildman–Crippen LogP) is 2.68. The van der Waals surface area contributed by atoms with Gasteiger partial charge >= 0.3 is 6.03 Å². The van der Waals surface area contributed by atoms with Crippen LogP contribution in [0.15, 0.2) is 36.5 Å². The van der Waals surface area contributed by atoms with Gasteiger partial charge in [-0.15, -0.1) is 0 Å². The zero-order chi connectivity index (χ0) is 14.5. The lowest BCUT2D eigenvalue weighted by Crippen LogP contribution is -2.44. The first-order chi connectivity index (χ1) is 10.3. The Labute approximate surface area is 127 Å². The third-order valence-electron chi connectivity index (χ3n) is 3.46. The lowest BCUT2D eigenvalue weighted by molar-refractivity contribution is 0.245. The van der Waals surface area contributed by atoms with Gasteiger partial charge < -0.3 is 10.6 Å². The summed E-state index contributed by atoms with van der Waals surface area (Å²) in [6.45, 7) is 1.92. The van der Waals surface area contributed by atoms with Crippen LogP contribution in [0, 0.1) is 0 Å². The summed E-state index contributed by atoms with van der Waals surface area (Å²) in [5, 5.41) is 9.71. The number of carbonyl (C=O) groups excluding carboxylic acids is 1. The van der Waals surface area contributed by atoms with E-state index in [-0.39, 0.29) is 12.1 Å². The number of urea groups is 1. The molecule has 21 heavy (non-hydrogen) atoms. The highest BCUT2D eigenvalue weighted by Crippen LogP contribution is 2.28. The molecule has 110 valence electrons. The largest absolute Gasteiger partial charge is 0.335 e. The van der Waals surface area contributed by atoms with Crippen molar-refractivity contribution in [2.75, 3.05) is 18.4 Å². The maximum Gasteiger partial charge on any atom is 0.321 e. The molecule has 3 N–H and O–H groups in total. The van der Waals surface area contributed by atoms with Gasteiger partial charge in [-0.3, -0.25) is 5.32 Å². The lowest BCUT2D eigenvalue weighted by atomic mass is 10.1. The Morgan fingerprint density at radius 3 is 2.76 bits per heavy atom. The number of nitrogens with one attached hydrogen (secondary N) is 3. The van der Waals surface area contributed by atoms with Crippen molar-refractivity contribution in [2.24, 2.45) is 0 Å². The molecule has 2 aromatic rings. The fraction of sp³-hybridized carbons (Fsp3) is 0.333. The van der Waals surface area contributed by atoms with E-state index < -0.39 is 0 Å². The molecule has 2 heterocycles. The Morgan fingerprint density at radius 1 is 1.24 bits per heavy atom. The van der Waals surface area contributed by atoms with E-state index in [1.807, 2.05) is 30.3 Å². The monoisotopic (exact) mass is 302 g/mol. The minimum absolute atomic E-state index is 0.170. The third-order valence-corrected chi connectivity index (χ3v) is 4.42. The highest BCUT2D eigenvalue weighted by Gasteiger charge is 2.16. The molecular weight excluding hydrogens is 284 g/mol. The van der Waals surface area contributed by atoms with Crippen molar-refractivity contribution in [1.29, 1.82) is 0 Å². The van der Waals surface area contributed by atoms with Crippen LogP contribution in [0.25, 0.3) is 10.4 Å². The van der Waals surface area contributed by atoms with Gasteiger partial charge in [0, 0.05) is 12.2 Å². The minimum Gasteiger partial charge on any atom is -0.335 e. The number of piperidine rings is 1. The number of nitrogens with zero attached hydrogens (tertiary/aromatic N) is 1. The maximum absolute atomic E-state index is 12.0. The number of benzene rings is 1. The molecule has 1 aromatic heterocycles. The molecule has 5 nitrogen and oxygen atoms in total. The van der Waals surface area contributed by atoms with Crippen molar-refractivity contribution in [2.45, 2.75) is 18.9 Å². The van der Waals surface area contributed by atoms with E-state index in [9.17, 15) is 4.79 Å². The molecule has 1 saturated heterocycles. The molecule has 2 amide bonds. The molecule has 3 rings (SSSR count). The second-order valence-corrected chi connectivity index (χ2v) is 6.05. The Kier molecular flexibility index (Phi) is 4.47. The van der Waals surface area contributed by atoms with Crippen LogP contribution < -0.4 is 16.0 Å². The molecule has 0 atom stereocenters. The molecule has 0 aliphatic carbocycles. The summed E-state index contributed by atoms with van der Waals surface area (Å²) in [5.74, 6) is 0. The number of thiazole rings is 1. The second-order valence-electron chi connectivity index (χ2n) is 5.02. The number of aromatic nitrogens is 1. The number of hydrogen-bond donors (Lipinski definition) is 3. The van der Waals surface area contributed by atoms with Crippen LogP contribution in [0.1, 0.15) is 12.8 Å². The van der Waals surface area contributed by atoms with Gasteiger partial charge in [0.05, 0.1) is 4.88 Å². The number of rotatable bonds is 3. The van der Waals surface area contributed by atoms with Crippen LogP contribution in [-0.4, -0.2) is 30.1 Å². The summed E-state index contributed by atoms with van der Waals surface area (Å²) in [7, 11) is 0. The van der Waals surface area contributed by atoms with Crippen LogP contribution in [0.5, 0.6) is 0 Å². The predicted molar refractivity (Wildman–Crippen MR) is 85.6 cm³/mol. The van der Waals surface area contributed by atoms with Crippen molar-refractivity contribution in [3.05, 3.63) is 36.5 Å². The zero-order valence-electron chi connectivity index (χ0n) is 11.6. The molecule has 1 aliphatic heterocycles. The van der Waals surface area contributed by atoms with Crippen molar-refractivity contribution in [3.8, 4) is 10.4 Å². The summed E-state index contributed by atoms with van der Waals surface area (Å²) in [6.07, 6.45) is 3.74. The summed E-state index contributed by atoms with van der Waals surface area (Å²) < 4.78 is 0. The first kappa shape index (κ1) is 14.0. The standard InChI is InChI=1S/C15H18N4OS/c20-14(18-12-6-8-16-9-7-12)19-15-17-10-13(21-15)11-4-2-1-3-5-11/h1-5,10,12,16H,6-9H2,(H2,17,18,19,20). The van der Waals surface area contributed by atoms with Crippen molar-refractivity contribution in [3.63, 3.8) is 0 Å². The minimum atomic E-state index is -0.170. The van der Waals surface area contributed by atoms with E-state index in [4.69, 9.17) is 0 Å². The topological polar surface area (TPSA) is 66.0 Å². The molecule has 1 fully saturated rings. The number of amides is 2. The SMILES string of the molecule is O=C(Nc1ncc(-c2ccccc2)s1)NC1CCNCC1. The normalized spacial score (nSPS) is 15.6. The van der Waals surface area contributed by atoms with Gasteiger partial charge in [0.15, 0.2) is 5.13 Å². The third kappa shape index (κ3) is 3.80. The van der Waals surface area contributed by atoms with E-state index in [1.165, 1.54) is 11.3 Å². The average molecular weight is 302 g/mol. The molecule has 0 bridgehead atoms. The van der Waals surface area contributed by atoms with Crippen LogP contribution in [0.3, 0.4) is 0 Å². The average Bonchev–Trinajstić information content (AvgIpc) is 2.97. The molecule has 1 aliphatic rings. The van der Waals surface area contributed by atoms with Crippen LogP contribution >= 0.6 is 11.3 Å². The van der Waals surface area contributed by atoms with E-state index in [2.05, 4.69) is 20.9 Å². The molecule has 0 spiro atoms. The Morgan fingerprint density at radius 2 is 2.00 bits per heavy atom. The van der Waals surface area contributed by atoms with Crippen LogP contribution in [0.2, 0.25) is 0 Å². The first-order valence-electron chi connectivity index (χ1n) is 7.11. The zero-order valence-corrected chi connectivity index (χ0v) is 12.5. The molecule has 1 aromatic carbocycles. The molecular formula is C15H18N4OS. The van der Waals surface area contributed by atoms with Crippen molar-refractivity contribution >= 4 is 22.5 Å². The Bertz CT molecular complexity index is 593. The number of hydrogen-bond acceptors (Lipinski definition) is 4. The highest BCUT2D eigenvalue weighted by molar-refractivity contribution is 7.19. The van der Waals surface area contributed by atoms with E-state index in [1.54, 1.807) is 6.20 Å². The van der Waals surface area contributed by atoms with E-state index >= 15 is 0 Å². The van der Waals surface area contributed by atoms with Gasteiger partial charge in [0.25, 0.3) is 0 Å². The van der Waals surface area contributed by atoms with Gasteiger partial charge in [0.1, 0.15) is 0 Å². The van der Waals surface area contributed by atoms with Crippen molar-refractivity contribution in [1.82, 2.24) is 15.6 Å². The smallest absolute Gasteiger partial charge is 0.321 e. The fourth-order valence-electron chi connectivity index (χ4n) is 2.35. The lowest BCUT2D eigenvalue weighted by Gasteiger charge is -2.23. The summed E-state index contributed by atoms with van der Waals surface area (Å²) >= 11 is 1.48. The Balaban J connectivity index is 1.58. The fourth-order valence-corrected chi connectivity index (χ4v) is 3.17. The first-order valence-corrected chi connectivity index (χ1v) is 7.92. The Hall–Kier alpha value is -1.92. The van der Waals surface area contributed by atoms with Crippen molar-refractivity contribution < 1.29 is 4.79 Å². The van der Waals surface area contributed by atoms with E-state index in [0.29, 0.717) is 5.13 Å².